The van der Waals surface area contributed by atoms with Crippen molar-refractivity contribution in [1.82, 2.24) is 5.32 Å². The Morgan fingerprint density at radius 1 is 1.04 bits per heavy atom. The van der Waals surface area contributed by atoms with Gasteiger partial charge in [-0.05, 0) is 56.5 Å². The van der Waals surface area contributed by atoms with Gasteiger partial charge in [0.15, 0.2) is 11.5 Å². The molecule has 130 valence electrons. The quantitative estimate of drug-likeness (QED) is 0.730. The van der Waals surface area contributed by atoms with Gasteiger partial charge in [0.1, 0.15) is 6.61 Å². The molecule has 2 aromatic carbocycles. The Hall–Kier alpha value is -1.52. The lowest BCUT2D eigenvalue weighted by Crippen LogP contribution is -2.35. The second-order valence-corrected chi connectivity index (χ2v) is 7.77. The van der Waals surface area contributed by atoms with Gasteiger partial charge in [0.2, 0.25) is 0 Å². The maximum Gasteiger partial charge on any atom is 0.162 e. The Kier molecular flexibility index (Phi) is 6.30. The zero-order valence-corrected chi connectivity index (χ0v) is 16.7. The summed E-state index contributed by atoms with van der Waals surface area (Å²) in [7, 11) is 1.67. The van der Waals surface area contributed by atoms with E-state index in [0.29, 0.717) is 6.61 Å². The molecule has 1 N–H and O–H groups in total. The van der Waals surface area contributed by atoms with E-state index in [1.807, 2.05) is 24.3 Å². The number of nitrogens with one attached hydrogen (secondary N) is 1. The van der Waals surface area contributed by atoms with E-state index < -0.39 is 0 Å². The van der Waals surface area contributed by atoms with E-state index in [1.165, 1.54) is 11.1 Å². The van der Waals surface area contributed by atoms with Gasteiger partial charge in [-0.1, -0.05) is 40.2 Å². The minimum Gasteiger partial charge on any atom is -0.493 e. The number of aryl methyl sites for hydroxylation is 1. The average Bonchev–Trinajstić information content (AvgIpc) is 2.52. The van der Waals surface area contributed by atoms with Gasteiger partial charge in [-0.15, -0.1) is 0 Å². The summed E-state index contributed by atoms with van der Waals surface area (Å²) in [5, 5.41) is 3.49. The molecule has 0 aliphatic heterocycles. The molecule has 0 atom stereocenters. The Labute approximate surface area is 153 Å². The van der Waals surface area contributed by atoms with Crippen molar-refractivity contribution >= 4 is 15.9 Å². The normalized spacial score (nSPS) is 11.4. The number of ether oxygens (including phenoxy) is 2. The molecule has 0 aliphatic rings. The van der Waals surface area contributed by atoms with Crippen LogP contribution in [0.15, 0.2) is 40.9 Å². The first-order chi connectivity index (χ1) is 11.3. The van der Waals surface area contributed by atoms with Gasteiger partial charge in [-0.2, -0.15) is 0 Å². The molecule has 4 heteroatoms. The maximum atomic E-state index is 6.00. The minimum absolute atomic E-state index is 0.0622. The third-order valence-electron chi connectivity index (χ3n) is 3.79. The lowest BCUT2D eigenvalue weighted by molar-refractivity contribution is 0.283. The van der Waals surface area contributed by atoms with Crippen molar-refractivity contribution in [3.63, 3.8) is 0 Å². The van der Waals surface area contributed by atoms with Crippen LogP contribution in [-0.2, 0) is 13.2 Å². The standard InChI is InChI=1S/C20H26BrNO2/c1-14-8-6-7-9-15(14)13-24-19-11-17(21)16(10-18(19)23-5)12-22-20(2,3)4/h6-11,22H,12-13H2,1-5H3. The maximum absolute atomic E-state index is 6.00. The lowest BCUT2D eigenvalue weighted by Gasteiger charge is -2.22. The summed E-state index contributed by atoms with van der Waals surface area (Å²) in [6.45, 7) is 9.83. The van der Waals surface area contributed by atoms with Crippen molar-refractivity contribution in [2.75, 3.05) is 7.11 Å². The summed E-state index contributed by atoms with van der Waals surface area (Å²) in [5.74, 6) is 1.49. The smallest absolute Gasteiger partial charge is 0.162 e. The summed E-state index contributed by atoms with van der Waals surface area (Å²) >= 11 is 3.64. The van der Waals surface area contributed by atoms with Crippen LogP contribution in [0.4, 0.5) is 0 Å². The van der Waals surface area contributed by atoms with Crippen molar-refractivity contribution in [1.29, 1.82) is 0 Å². The molecular weight excluding hydrogens is 366 g/mol. The highest BCUT2D eigenvalue weighted by Crippen LogP contribution is 2.34. The van der Waals surface area contributed by atoms with Crippen LogP contribution in [0, 0.1) is 6.92 Å². The molecule has 2 aromatic rings. The third-order valence-corrected chi connectivity index (χ3v) is 4.52. The highest BCUT2D eigenvalue weighted by atomic mass is 79.9. The lowest BCUT2D eigenvalue weighted by atomic mass is 10.1. The van der Waals surface area contributed by atoms with Gasteiger partial charge < -0.3 is 14.8 Å². The number of hydrogen-bond donors (Lipinski definition) is 1. The van der Waals surface area contributed by atoms with Crippen molar-refractivity contribution in [2.45, 2.75) is 46.4 Å². The van der Waals surface area contributed by atoms with E-state index >= 15 is 0 Å². The second kappa shape index (κ2) is 8.04. The summed E-state index contributed by atoms with van der Waals surface area (Å²) in [5.41, 5.74) is 3.60. The predicted octanol–water partition coefficient (Wildman–Crippen LogP) is 5.23. The fourth-order valence-corrected chi connectivity index (χ4v) is 2.74. The summed E-state index contributed by atoms with van der Waals surface area (Å²) in [4.78, 5) is 0. The molecule has 0 saturated carbocycles. The molecule has 0 heterocycles. The Morgan fingerprint density at radius 3 is 2.38 bits per heavy atom. The van der Waals surface area contributed by atoms with Crippen molar-refractivity contribution in [3.05, 3.63) is 57.6 Å². The van der Waals surface area contributed by atoms with Crippen LogP contribution in [0.2, 0.25) is 0 Å². The van der Waals surface area contributed by atoms with Gasteiger partial charge in [0.05, 0.1) is 7.11 Å². The van der Waals surface area contributed by atoms with Crippen LogP contribution >= 0.6 is 15.9 Å². The Bertz CT molecular complexity index is 693. The first-order valence-electron chi connectivity index (χ1n) is 8.09. The molecule has 0 bridgehead atoms. The topological polar surface area (TPSA) is 30.5 Å². The molecule has 0 radical (unpaired) electrons. The van der Waals surface area contributed by atoms with Crippen LogP contribution < -0.4 is 14.8 Å². The van der Waals surface area contributed by atoms with Crippen molar-refractivity contribution in [2.24, 2.45) is 0 Å². The fourth-order valence-electron chi connectivity index (χ4n) is 2.27. The first-order valence-corrected chi connectivity index (χ1v) is 8.88. The predicted molar refractivity (Wildman–Crippen MR) is 103 cm³/mol. The van der Waals surface area contributed by atoms with E-state index in [0.717, 1.165) is 28.1 Å². The SMILES string of the molecule is COc1cc(CNC(C)(C)C)c(Br)cc1OCc1ccccc1C. The van der Waals surface area contributed by atoms with E-state index in [9.17, 15) is 0 Å². The molecule has 0 aliphatic carbocycles. The van der Waals surface area contributed by atoms with E-state index in [4.69, 9.17) is 9.47 Å². The van der Waals surface area contributed by atoms with Crippen LogP contribution in [0.25, 0.3) is 0 Å². The molecule has 24 heavy (non-hydrogen) atoms. The highest BCUT2D eigenvalue weighted by Gasteiger charge is 2.14. The fraction of sp³-hybridized carbons (Fsp3) is 0.400. The van der Waals surface area contributed by atoms with Crippen molar-refractivity contribution < 1.29 is 9.47 Å². The molecule has 0 saturated heterocycles. The number of rotatable bonds is 6. The van der Waals surface area contributed by atoms with Gasteiger partial charge in [-0.25, -0.2) is 0 Å². The largest absolute Gasteiger partial charge is 0.493 e. The first kappa shape index (κ1) is 18.8. The van der Waals surface area contributed by atoms with Gasteiger partial charge in [-0.3, -0.25) is 0 Å². The Balaban J connectivity index is 2.15. The minimum atomic E-state index is 0.0622. The summed E-state index contributed by atoms with van der Waals surface area (Å²) < 4.78 is 12.5. The summed E-state index contributed by atoms with van der Waals surface area (Å²) in [6, 6.07) is 12.2. The second-order valence-electron chi connectivity index (χ2n) is 6.91. The molecule has 0 amide bonds. The van der Waals surface area contributed by atoms with Crippen LogP contribution in [0.3, 0.4) is 0 Å². The number of benzene rings is 2. The number of hydrogen-bond acceptors (Lipinski definition) is 3. The van der Waals surface area contributed by atoms with Gasteiger partial charge >= 0.3 is 0 Å². The molecule has 2 rings (SSSR count). The van der Waals surface area contributed by atoms with Crippen molar-refractivity contribution in [3.8, 4) is 11.5 Å². The summed E-state index contributed by atoms with van der Waals surface area (Å²) in [6.07, 6.45) is 0. The van der Waals surface area contributed by atoms with Crippen LogP contribution in [0.1, 0.15) is 37.5 Å². The average molecular weight is 392 g/mol. The zero-order chi connectivity index (χ0) is 17.7. The third kappa shape index (κ3) is 5.25. The van der Waals surface area contributed by atoms with E-state index in [2.05, 4.69) is 61.1 Å². The van der Waals surface area contributed by atoms with Gasteiger partial charge in [0.25, 0.3) is 0 Å². The van der Waals surface area contributed by atoms with E-state index in [-0.39, 0.29) is 5.54 Å². The zero-order valence-electron chi connectivity index (χ0n) is 15.1. The van der Waals surface area contributed by atoms with Gasteiger partial charge in [0, 0.05) is 16.6 Å². The number of halogens is 1. The number of methoxy groups -OCH3 is 1. The molecular formula is C20H26BrNO2. The monoisotopic (exact) mass is 391 g/mol. The van der Waals surface area contributed by atoms with E-state index in [1.54, 1.807) is 7.11 Å². The molecule has 0 unspecified atom stereocenters. The van der Waals surface area contributed by atoms with Crippen LogP contribution in [-0.4, -0.2) is 12.6 Å². The van der Waals surface area contributed by atoms with Crippen LogP contribution in [0.5, 0.6) is 11.5 Å². The molecule has 3 nitrogen and oxygen atoms in total. The molecule has 0 fully saturated rings. The molecule has 0 aromatic heterocycles. The Morgan fingerprint density at radius 2 is 1.75 bits per heavy atom. The molecule has 0 spiro atoms. The highest BCUT2D eigenvalue weighted by molar-refractivity contribution is 9.10.